The summed E-state index contributed by atoms with van der Waals surface area (Å²) in [7, 11) is -3.59. The molecule has 1 aliphatic heterocycles. The predicted octanol–water partition coefficient (Wildman–Crippen LogP) is 4.03. The average Bonchev–Trinajstić information content (AvgIpc) is 2.84. The lowest BCUT2D eigenvalue weighted by Crippen LogP contribution is -2.35. The summed E-state index contributed by atoms with van der Waals surface area (Å²) in [5, 5.41) is 2.75. The number of nitrogens with one attached hydrogen (secondary N) is 1. The van der Waals surface area contributed by atoms with Crippen LogP contribution in [0.25, 0.3) is 0 Å². The Morgan fingerprint density at radius 3 is 2.12 bits per heavy atom. The highest BCUT2D eigenvalue weighted by Crippen LogP contribution is 2.21. The van der Waals surface area contributed by atoms with E-state index in [1.54, 1.807) is 24.3 Å². The maximum atomic E-state index is 12.7. The minimum Gasteiger partial charge on any atom is -0.451 e. The first-order chi connectivity index (χ1) is 16.2. The van der Waals surface area contributed by atoms with Crippen molar-refractivity contribution in [2.75, 3.05) is 18.4 Å². The Morgan fingerprint density at radius 1 is 0.941 bits per heavy atom. The number of amides is 1. The van der Waals surface area contributed by atoms with Gasteiger partial charge in [-0.2, -0.15) is 4.31 Å². The highest BCUT2D eigenvalue weighted by atomic mass is 32.2. The molecule has 3 rings (SSSR count). The molecule has 1 saturated heterocycles. The van der Waals surface area contributed by atoms with Crippen molar-refractivity contribution in [3.63, 3.8) is 0 Å². The molecule has 1 N–H and O–H groups in total. The molecule has 34 heavy (non-hydrogen) atoms. The monoisotopic (exact) mass is 486 g/mol. The van der Waals surface area contributed by atoms with Crippen LogP contribution in [-0.2, 0) is 19.6 Å². The van der Waals surface area contributed by atoms with Crippen LogP contribution in [0, 0.1) is 0 Å². The zero-order valence-electron chi connectivity index (χ0n) is 19.5. The molecule has 0 aliphatic carbocycles. The molecule has 0 radical (unpaired) electrons. The Bertz CT molecular complexity index is 1120. The van der Waals surface area contributed by atoms with Crippen molar-refractivity contribution in [1.82, 2.24) is 4.31 Å². The molecule has 1 atom stereocenters. The number of ketones is 1. The largest absolute Gasteiger partial charge is 0.451 e. The van der Waals surface area contributed by atoms with Crippen molar-refractivity contribution in [1.29, 1.82) is 0 Å². The van der Waals surface area contributed by atoms with Crippen LogP contribution in [0.3, 0.4) is 0 Å². The number of carbonyl (C=O) groups is 3. The van der Waals surface area contributed by atoms with Crippen LogP contribution in [-0.4, -0.2) is 49.6 Å². The Morgan fingerprint density at radius 2 is 1.53 bits per heavy atom. The molecule has 1 unspecified atom stereocenters. The second-order valence-electron chi connectivity index (χ2n) is 8.28. The van der Waals surface area contributed by atoms with Crippen LogP contribution in [0.4, 0.5) is 5.69 Å². The van der Waals surface area contributed by atoms with Gasteiger partial charge in [-0.05, 0) is 74.7 Å². The van der Waals surface area contributed by atoms with E-state index < -0.39 is 22.1 Å². The Labute approximate surface area is 200 Å². The molecule has 1 heterocycles. The van der Waals surface area contributed by atoms with E-state index in [1.807, 2.05) is 6.92 Å². The van der Waals surface area contributed by atoms with Gasteiger partial charge in [-0.15, -0.1) is 0 Å². The van der Waals surface area contributed by atoms with Crippen LogP contribution in [0.15, 0.2) is 53.4 Å². The normalized spacial score (nSPS) is 15.4. The summed E-state index contributed by atoms with van der Waals surface area (Å²) in [5.41, 5.74) is 1.09. The third kappa shape index (κ3) is 6.30. The number of carbonyl (C=O) groups excluding carboxylic acids is 3. The minimum atomic E-state index is -3.59. The standard InChI is InChI=1S/C25H30N2O6S/c1-3-7-23(28)26-21-12-8-19(9-13-21)24(29)18(2)33-25(30)20-10-14-22(15-11-20)34(31,32)27-16-5-4-6-17-27/h8-15,18H,3-7,16-17H2,1-2H3,(H,26,28). The fourth-order valence-electron chi connectivity index (χ4n) is 3.70. The van der Waals surface area contributed by atoms with Crippen molar-refractivity contribution in [2.45, 2.75) is 57.0 Å². The molecular weight excluding hydrogens is 456 g/mol. The van der Waals surface area contributed by atoms with E-state index in [0.29, 0.717) is 30.8 Å². The zero-order valence-corrected chi connectivity index (χ0v) is 20.3. The Hall–Kier alpha value is -3.04. The van der Waals surface area contributed by atoms with Crippen molar-refractivity contribution < 1.29 is 27.5 Å². The fourth-order valence-corrected chi connectivity index (χ4v) is 5.22. The molecule has 2 aromatic rings. The summed E-state index contributed by atoms with van der Waals surface area (Å²) in [6, 6.07) is 11.9. The summed E-state index contributed by atoms with van der Waals surface area (Å²) in [4.78, 5) is 37.0. The summed E-state index contributed by atoms with van der Waals surface area (Å²) >= 11 is 0. The predicted molar refractivity (Wildman–Crippen MR) is 128 cm³/mol. The molecule has 0 bridgehead atoms. The molecule has 0 aromatic heterocycles. The third-order valence-electron chi connectivity index (χ3n) is 5.63. The van der Waals surface area contributed by atoms with Gasteiger partial charge in [0.15, 0.2) is 6.10 Å². The van der Waals surface area contributed by atoms with Gasteiger partial charge in [-0.25, -0.2) is 13.2 Å². The molecule has 182 valence electrons. The lowest BCUT2D eigenvalue weighted by atomic mass is 10.1. The number of hydrogen-bond donors (Lipinski definition) is 1. The molecule has 1 fully saturated rings. The van der Waals surface area contributed by atoms with E-state index in [4.69, 9.17) is 4.74 Å². The van der Waals surface area contributed by atoms with Gasteiger partial charge in [0.05, 0.1) is 10.5 Å². The molecule has 8 nitrogen and oxygen atoms in total. The topological polar surface area (TPSA) is 110 Å². The summed E-state index contributed by atoms with van der Waals surface area (Å²) in [6.07, 6.45) is 2.82. The van der Waals surface area contributed by atoms with Gasteiger partial charge in [0, 0.05) is 30.8 Å². The van der Waals surface area contributed by atoms with Crippen LogP contribution < -0.4 is 5.32 Å². The van der Waals surface area contributed by atoms with Crippen LogP contribution in [0.5, 0.6) is 0 Å². The first-order valence-corrected chi connectivity index (χ1v) is 12.9. The highest BCUT2D eigenvalue weighted by Gasteiger charge is 2.26. The lowest BCUT2D eigenvalue weighted by Gasteiger charge is -2.25. The summed E-state index contributed by atoms with van der Waals surface area (Å²) in [6.45, 7) is 4.39. The van der Waals surface area contributed by atoms with Gasteiger partial charge >= 0.3 is 5.97 Å². The number of rotatable bonds is 9. The van der Waals surface area contributed by atoms with Gasteiger partial charge < -0.3 is 10.1 Å². The van der Waals surface area contributed by atoms with Crippen molar-refractivity contribution in [3.05, 3.63) is 59.7 Å². The number of Topliss-reactive ketones (excluding diaryl/α,β-unsaturated/α-hetero) is 1. The molecule has 0 saturated carbocycles. The fraction of sp³-hybridized carbons (Fsp3) is 0.400. The SMILES string of the molecule is CCCC(=O)Nc1ccc(C(=O)C(C)OC(=O)c2ccc(S(=O)(=O)N3CCCCC3)cc2)cc1. The number of nitrogens with zero attached hydrogens (tertiary/aromatic N) is 1. The van der Waals surface area contributed by atoms with E-state index >= 15 is 0 Å². The quantitative estimate of drug-likeness (QED) is 0.423. The third-order valence-corrected chi connectivity index (χ3v) is 7.54. The smallest absolute Gasteiger partial charge is 0.338 e. The summed E-state index contributed by atoms with van der Waals surface area (Å²) < 4.78 is 32.3. The second kappa shape index (κ2) is 11.4. The van der Waals surface area contributed by atoms with E-state index in [2.05, 4.69) is 5.32 Å². The van der Waals surface area contributed by atoms with E-state index in [1.165, 1.54) is 35.5 Å². The van der Waals surface area contributed by atoms with Crippen LogP contribution in [0.2, 0.25) is 0 Å². The minimum absolute atomic E-state index is 0.0985. The van der Waals surface area contributed by atoms with E-state index in [-0.39, 0.29) is 22.1 Å². The van der Waals surface area contributed by atoms with Crippen LogP contribution >= 0.6 is 0 Å². The van der Waals surface area contributed by atoms with E-state index in [9.17, 15) is 22.8 Å². The molecule has 2 aromatic carbocycles. The van der Waals surface area contributed by atoms with Gasteiger partial charge in [0.25, 0.3) is 0 Å². The van der Waals surface area contributed by atoms with Gasteiger partial charge in [0.1, 0.15) is 0 Å². The van der Waals surface area contributed by atoms with Crippen molar-refractivity contribution in [2.24, 2.45) is 0 Å². The molecule has 0 spiro atoms. The average molecular weight is 487 g/mol. The van der Waals surface area contributed by atoms with Gasteiger partial charge in [0.2, 0.25) is 21.7 Å². The number of anilines is 1. The number of piperidine rings is 1. The van der Waals surface area contributed by atoms with Gasteiger partial charge in [-0.3, -0.25) is 9.59 Å². The van der Waals surface area contributed by atoms with Crippen LogP contribution in [0.1, 0.15) is 66.7 Å². The first-order valence-electron chi connectivity index (χ1n) is 11.5. The maximum Gasteiger partial charge on any atom is 0.338 e. The molecular formula is C25H30N2O6S. The van der Waals surface area contributed by atoms with Gasteiger partial charge in [-0.1, -0.05) is 13.3 Å². The molecule has 1 aliphatic rings. The number of ether oxygens (including phenoxy) is 1. The molecule has 1 amide bonds. The number of hydrogen-bond acceptors (Lipinski definition) is 6. The van der Waals surface area contributed by atoms with E-state index in [0.717, 1.165) is 25.7 Å². The number of esters is 1. The highest BCUT2D eigenvalue weighted by molar-refractivity contribution is 7.89. The second-order valence-corrected chi connectivity index (χ2v) is 10.2. The zero-order chi connectivity index (χ0) is 24.7. The Kier molecular flexibility index (Phi) is 8.57. The first kappa shape index (κ1) is 25.6. The molecule has 9 heteroatoms. The van der Waals surface area contributed by atoms with Crippen molar-refractivity contribution in [3.8, 4) is 0 Å². The number of benzene rings is 2. The van der Waals surface area contributed by atoms with Crippen molar-refractivity contribution >= 4 is 33.4 Å². The summed E-state index contributed by atoms with van der Waals surface area (Å²) in [5.74, 6) is -1.20. The maximum absolute atomic E-state index is 12.7. The Balaban J connectivity index is 1.60. The lowest BCUT2D eigenvalue weighted by molar-refractivity contribution is -0.116. The number of sulfonamides is 1.